The van der Waals surface area contributed by atoms with Crippen LogP contribution in [0.5, 0.6) is 0 Å². The van der Waals surface area contributed by atoms with Crippen LogP contribution >= 0.6 is 22.9 Å². The van der Waals surface area contributed by atoms with Crippen LogP contribution < -0.4 is 15.4 Å². The average molecular weight is 326 g/mol. The minimum atomic E-state index is -0.342. The van der Waals surface area contributed by atoms with E-state index in [2.05, 4.69) is 30.4 Å². The van der Waals surface area contributed by atoms with Gasteiger partial charge < -0.3 is 9.80 Å². The van der Waals surface area contributed by atoms with Crippen LogP contribution in [0.1, 0.15) is 12.1 Å². The number of nitrogens with one attached hydrogen (secondary N) is 1. The molecule has 0 spiro atoms. The molecule has 1 N–H and O–H groups in total. The Hall–Kier alpha value is -1.60. The predicted octanol–water partition coefficient (Wildman–Crippen LogP) is 1.90. The highest BCUT2D eigenvalue weighted by Gasteiger charge is 2.20. The monoisotopic (exact) mass is 325 g/mol. The molecule has 8 heteroatoms. The number of halogens is 1. The van der Waals surface area contributed by atoms with E-state index in [9.17, 15) is 4.79 Å². The van der Waals surface area contributed by atoms with Gasteiger partial charge in [0, 0.05) is 31.6 Å². The van der Waals surface area contributed by atoms with Gasteiger partial charge in [0.2, 0.25) is 0 Å². The van der Waals surface area contributed by atoms with Gasteiger partial charge >= 0.3 is 0 Å². The first-order valence-corrected chi connectivity index (χ1v) is 8.06. The summed E-state index contributed by atoms with van der Waals surface area (Å²) < 4.78 is 0. The zero-order valence-electron chi connectivity index (χ0n) is 11.7. The average Bonchev–Trinajstić information content (AvgIpc) is 2.75. The maximum absolute atomic E-state index is 11.6. The van der Waals surface area contributed by atoms with E-state index in [1.165, 1.54) is 0 Å². The molecular formula is C13H16ClN5OS. The third kappa shape index (κ3) is 3.03. The molecule has 0 amide bonds. The van der Waals surface area contributed by atoms with Crippen LogP contribution in [-0.4, -0.2) is 41.4 Å². The molecular weight excluding hydrogens is 310 g/mol. The fourth-order valence-electron chi connectivity index (χ4n) is 2.43. The zero-order valence-corrected chi connectivity index (χ0v) is 13.2. The number of anilines is 2. The van der Waals surface area contributed by atoms with Crippen LogP contribution in [0.25, 0.3) is 0 Å². The molecule has 1 fully saturated rings. The fourth-order valence-corrected chi connectivity index (χ4v) is 3.50. The van der Waals surface area contributed by atoms with Gasteiger partial charge in [-0.15, -0.1) is 11.3 Å². The summed E-state index contributed by atoms with van der Waals surface area (Å²) >= 11 is 7.76. The van der Waals surface area contributed by atoms with Gasteiger partial charge in [0.25, 0.3) is 5.56 Å². The molecule has 112 valence electrons. The number of hydrogen-bond donors (Lipinski definition) is 1. The van der Waals surface area contributed by atoms with E-state index in [-0.39, 0.29) is 10.6 Å². The Kier molecular flexibility index (Phi) is 4.12. The number of hydrogen-bond acceptors (Lipinski definition) is 6. The van der Waals surface area contributed by atoms with Gasteiger partial charge in [-0.25, -0.2) is 10.1 Å². The van der Waals surface area contributed by atoms with Gasteiger partial charge in [-0.1, -0.05) is 11.6 Å². The molecule has 0 atom stereocenters. The van der Waals surface area contributed by atoms with Crippen molar-refractivity contribution in [2.24, 2.45) is 0 Å². The van der Waals surface area contributed by atoms with Crippen molar-refractivity contribution >= 4 is 33.8 Å². The summed E-state index contributed by atoms with van der Waals surface area (Å²) in [4.78, 5) is 20.5. The molecule has 3 heterocycles. The van der Waals surface area contributed by atoms with Crippen molar-refractivity contribution in [2.45, 2.75) is 13.3 Å². The lowest BCUT2D eigenvalue weighted by Gasteiger charge is -2.23. The van der Waals surface area contributed by atoms with Crippen molar-refractivity contribution in [3.8, 4) is 0 Å². The maximum atomic E-state index is 11.6. The predicted molar refractivity (Wildman–Crippen MR) is 85.8 cm³/mol. The summed E-state index contributed by atoms with van der Waals surface area (Å²) in [6.45, 7) is 5.47. The minimum absolute atomic E-state index is 0.212. The van der Waals surface area contributed by atoms with Crippen molar-refractivity contribution < 1.29 is 0 Å². The molecule has 0 aromatic carbocycles. The van der Waals surface area contributed by atoms with Crippen molar-refractivity contribution in [1.82, 2.24) is 15.2 Å². The molecule has 0 radical (unpaired) electrons. The Morgan fingerprint density at radius 1 is 1.29 bits per heavy atom. The summed E-state index contributed by atoms with van der Waals surface area (Å²) in [5.41, 5.74) is 1.42. The van der Waals surface area contributed by atoms with Crippen LogP contribution in [-0.2, 0) is 0 Å². The summed E-state index contributed by atoms with van der Waals surface area (Å²) in [6.07, 6.45) is 2.61. The Bertz CT molecular complexity index is 685. The van der Waals surface area contributed by atoms with Crippen molar-refractivity contribution in [3.63, 3.8) is 0 Å². The molecule has 0 bridgehead atoms. The normalized spacial score (nSPS) is 16.1. The van der Waals surface area contributed by atoms with Gasteiger partial charge in [0.15, 0.2) is 5.13 Å². The van der Waals surface area contributed by atoms with Gasteiger partial charge in [-0.05, 0) is 13.3 Å². The van der Waals surface area contributed by atoms with Crippen molar-refractivity contribution in [2.75, 3.05) is 36.0 Å². The third-order valence-electron chi connectivity index (χ3n) is 3.49. The molecule has 0 saturated carbocycles. The van der Waals surface area contributed by atoms with E-state index in [1.807, 2.05) is 6.92 Å². The first kappa shape index (κ1) is 14.3. The molecule has 6 nitrogen and oxygen atoms in total. The van der Waals surface area contributed by atoms with E-state index in [0.717, 1.165) is 43.4 Å². The number of H-pyrrole nitrogens is 1. The van der Waals surface area contributed by atoms with E-state index >= 15 is 0 Å². The molecule has 0 aliphatic carbocycles. The summed E-state index contributed by atoms with van der Waals surface area (Å²) in [5, 5.41) is 9.53. The first-order valence-electron chi connectivity index (χ1n) is 6.80. The van der Waals surface area contributed by atoms with E-state index < -0.39 is 0 Å². The SMILES string of the molecule is Cc1csc(N2CCCN(c3cn[nH]c(=O)c3Cl)CC2)n1. The lowest BCUT2D eigenvalue weighted by Crippen LogP contribution is -2.31. The van der Waals surface area contributed by atoms with E-state index in [0.29, 0.717) is 5.69 Å². The number of aryl methyl sites for hydroxylation is 1. The highest BCUT2D eigenvalue weighted by Crippen LogP contribution is 2.25. The fraction of sp³-hybridized carbons (Fsp3) is 0.462. The molecule has 3 rings (SSSR count). The number of aromatic nitrogens is 3. The Balaban J connectivity index is 1.76. The largest absolute Gasteiger partial charge is 0.367 e. The van der Waals surface area contributed by atoms with Gasteiger partial charge in [-0.2, -0.15) is 5.10 Å². The van der Waals surface area contributed by atoms with Crippen LogP contribution in [0.15, 0.2) is 16.4 Å². The molecule has 0 unspecified atom stereocenters. The number of thiazole rings is 1. The smallest absolute Gasteiger partial charge is 0.285 e. The second kappa shape index (κ2) is 6.03. The lowest BCUT2D eigenvalue weighted by molar-refractivity contribution is 0.800. The topological polar surface area (TPSA) is 65.1 Å². The molecule has 2 aromatic heterocycles. The second-order valence-corrected chi connectivity index (χ2v) is 6.21. The third-order valence-corrected chi connectivity index (χ3v) is 4.88. The number of rotatable bonds is 2. The van der Waals surface area contributed by atoms with E-state index in [4.69, 9.17) is 11.6 Å². The maximum Gasteiger partial charge on any atom is 0.285 e. The molecule has 1 aliphatic rings. The molecule has 2 aromatic rings. The highest BCUT2D eigenvalue weighted by atomic mass is 35.5. The Morgan fingerprint density at radius 2 is 2.05 bits per heavy atom. The van der Waals surface area contributed by atoms with Gasteiger partial charge in [-0.3, -0.25) is 4.79 Å². The summed E-state index contributed by atoms with van der Waals surface area (Å²) in [7, 11) is 0. The zero-order chi connectivity index (χ0) is 14.8. The lowest BCUT2D eigenvalue weighted by atomic mass is 10.3. The first-order chi connectivity index (χ1) is 10.1. The summed E-state index contributed by atoms with van der Waals surface area (Å²) in [5.74, 6) is 0. The quantitative estimate of drug-likeness (QED) is 0.913. The van der Waals surface area contributed by atoms with Crippen LogP contribution in [0.3, 0.4) is 0 Å². The molecule has 21 heavy (non-hydrogen) atoms. The van der Waals surface area contributed by atoms with Crippen molar-refractivity contribution in [1.29, 1.82) is 0 Å². The highest BCUT2D eigenvalue weighted by molar-refractivity contribution is 7.13. The van der Waals surface area contributed by atoms with Crippen LogP contribution in [0, 0.1) is 6.92 Å². The molecule has 1 aliphatic heterocycles. The van der Waals surface area contributed by atoms with Gasteiger partial charge in [0.1, 0.15) is 5.02 Å². The van der Waals surface area contributed by atoms with Gasteiger partial charge in [0.05, 0.1) is 17.6 Å². The van der Waals surface area contributed by atoms with Crippen molar-refractivity contribution in [3.05, 3.63) is 32.6 Å². The van der Waals surface area contributed by atoms with Crippen LogP contribution in [0.2, 0.25) is 5.02 Å². The van der Waals surface area contributed by atoms with E-state index in [1.54, 1.807) is 17.5 Å². The second-order valence-electron chi connectivity index (χ2n) is 5.00. The van der Waals surface area contributed by atoms with Crippen LogP contribution in [0.4, 0.5) is 10.8 Å². The Labute approximate surface area is 131 Å². The summed E-state index contributed by atoms with van der Waals surface area (Å²) in [6, 6.07) is 0. The Morgan fingerprint density at radius 3 is 2.81 bits per heavy atom. The molecule has 1 saturated heterocycles. The number of nitrogens with zero attached hydrogens (tertiary/aromatic N) is 4. The minimum Gasteiger partial charge on any atom is -0.367 e. The number of aromatic amines is 1. The standard InChI is InChI=1S/C13H16ClN5OS/c1-9-8-21-13(16-9)19-4-2-3-18(5-6-19)10-7-15-17-12(20)11(10)14/h7-8H,2-6H2,1H3,(H,17,20).